The van der Waals surface area contributed by atoms with Crippen LogP contribution in [0.4, 0.5) is 0 Å². The molecule has 0 radical (unpaired) electrons. The Morgan fingerprint density at radius 3 is 2.74 bits per heavy atom. The number of carbonyl (C=O) groups excluding carboxylic acids is 1. The van der Waals surface area contributed by atoms with Crippen molar-refractivity contribution in [2.45, 2.75) is 12.8 Å². The molecular formula is C19H19ClN2O. The summed E-state index contributed by atoms with van der Waals surface area (Å²) in [4.78, 5) is 12.5. The minimum atomic E-state index is -0.0873. The second-order valence-electron chi connectivity index (χ2n) is 6.50. The first kappa shape index (κ1) is 14.6. The molecule has 0 spiro atoms. The molecule has 3 atom stereocenters. The normalized spacial score (nSPS) is 25.0. The maximum absolute atomic E-state index is 12.5. The van der Waals surface area contributed by atoms with Gasteiger partial charge < -0.3 is 9.88 Å². The fourth-order valence-corrected chi connectivity index (χ4v) is 4.01. The standard InChI is InChI=1S/C19H19ClN2O/c20-18-6-5-16(22-7-1-2-8-22)11-17(18)19(23)21-12-15-10-13-3-4-14(15)9-13/h1-8,11,13-15H,9-10,12H2,(H,21,23)/t13-,14-,15-/m1/s1. The highest BCUT2D eigenvalue weighted by Crippen LogP contribution is 2.43. The molecule has 0 aliphatic heterocycles. The summed E-state index contributed by atoms with van der Waals surface area (Å²) in [6.07, 6.45) is 11.0. The monoisotopic (exact) mass is 326 g/mol. The molecule has 1 fully saturated rings. The third kappa shape index (κ3) is 2.81. The Labute approximate surface area is 141 Å². The number of hydrogen-bond acceptors (Lipinski definition) is 1. The second kappa shape index (κ2) is 5.89. The first-order valence-corrected chi connectivity index (χ1v) is 8.48. The molecule has 1 N–H and O–H groups in total. The van der Waals surface area contributed by atoms with Gasteiger partial charge in [-0.3, -0.25) is 4.79 Å². The van der Waals surface area contributed by atoms with Crippen molar-refractivity contribution in [2.75, 3.05) is 6.54 Å². The number of carbonyl (C=O) groups is 1. The number of allylic oxidation sites excluding steroid dienone is 2. The quantitative estimate of drug-likeness (QED) is 0.844. The second-order valence-corrected chi connectivity index (χ2v) is 6.91. The highest BCUT2D eigenvalue weighted by molar-refractivity contribution is 6.33. The molecule has 3 nitrogen and oxygen atoms in total. The molecule has 0 unspecified atom stereocenters. The van der Waals surface area contributed by atoms with Crippen molar-refractivity contribution in [2.24, 2.45) is 17.8 Å². The first-order valence-electron chi connectivity index (χ1n) is 8.10. The zero-order valence-electron chi connectivity index (χ0n) is 12.8. The Bertz CT molecular complexity index is 751. The molecule has 1 amide bonds. The molecule has 0 saturated heterocycles. The van der Waals surface area contributed by atoms with Crippen LogP contribution >= 0.6 is 11.6 Å². The van der Waals surface area contributed by atoms with Crippen LogP contribution in [0.3, 0.4) is 0 Å². The van der Waals surface area contributed by atoms with Gasteiger partial charge in [-0.25, -0.2) is 0 Å². The van der Waals surface area contributed by atoms with Crippen LogP contribution in [-0.4, -0.2) is 17.0 Å². The Kier molecular flexibility index (Phi) is 3.74. The average Bonchev–Trinajstić information content (AvgIpc) is 3.30. The summed E-state index contributed by atoms with van der Waals surface area (Å²) in [7, 11) is 0. The molecule has 1 saturated carbocycles. The molecular weight excluding hydrogens is 308 g/mol. The van der Waals surface area contributed by atoms with Crippen molar-refractivity contribution in [1.82, 2.24) is 9.88 Å². The summed E-state index contributed by atoms with van der Waals surface area (Å²) in [5, 5.41) is 3.56. The lowest BCUT2D eigenvalue weighted by Gasteiger charge is -2.19. The van der Waals surface area contributed by atoms with Gasteiger partial charge in [0.2, 0.25) is 0 Å². The van der Waals surface area contributed by atoms with Crippen molar-refractivity contribution in [1.29, 1.82) is 0 Å². The van der Waals surface area contributed by atoms with E-state index < -0.39 is 0 Å². The maximum Gasteiger partial charge on any atom is 0.252 e. The van der Waals surface area contributed by atoms with Gasteiger partial charge in [-0.15, -0.1) is 0 Å². The average molecular weight is 327 g/mol. The fraction of sp³-hybridized carbons (Fsp3) is 0.316. The van der Waals surface area contributed by atoms with E-state index in [4.69, 9.17) is 11.6 Å². The Morgan fingerprint density at radius 2 is 2.04 bits per heavy atom. The number of hydrogen-bond donors (Lipinski definition) is 1. The van der Waals surface area contributed by atoms with Crippen LogP contribution in [0.2, 0.25) is 5.02 Å². The molecule has 118 valence electrons. The maximum atomic E-state index is 12.5. The number of amides is 1. The summed E-state index contributed by atoms with van der Waals surface area (Å²) < 4.78 is 1.97. The van der Waals surface area contributed by atoms with E-state index in [9.17, 15) is 4.79 Å². The lowest BCUT2D eigenvalue weighted by molar-refractivity contribution is 0.0945. The van der Waals surface area contributed by atoms with E-state index in [-0.39, 0.29) is 5.91 Å². The lowest BCUT2D eigenvalue weighted by Crippen LogP contribution is -2.31. The van der Waals surface area contributed by atoms with E-state index in [0.717, 1.165) is 18.2 Å². The Balaban J connectivity index is 1.47. The third-order valence-electron chi connectivity index (χ3n) is 5.04. The molecule has 1 aromatic heterocycles. The van der Waals surface area contributed by atoms with Crippen LogP contribution in [0.1, 0.15) is 23.2 Å². The van der Waals surface area contributed by atoms with Gasteiger partial charge in [-0.05, 0) is 60.9 Å². The van der Waals surface area contributed by atoms with Crippen LogP contribution < -0.4 is 5.32 Å². The molecule has 2 aromatic rings. The predicted octanol–water partition coefficient (Wildman–Crippen LogP) is 4.07. The highest BCUT2D eigenvalue weighted by Gasteiger charge is 2.35. The van der Waals surface area contributed by atoms with Crippen molar-refractivity contribution in [3.05, 3.63) is 65.5 Å². The van der Waals surface area contributed by atoms with E-state index in [2.05, 4.69) is 17.5 Å². The minimum Gasteiger partial charge on any atom is -0.352 e. The van der Waals surface area contributed by atoms with Gasteiger partial charge in [-0.1, -0.05) is 23.8 Å². The lowest BCUT2D eigenvalue weighted by atomic mass is 9.93. The SMILES string of the molecule is O=C(NC[C@H]1C[C@@H]2C=C[C@@H]1C2)c1cc(-n2cccc2)ccc1Cl. The number of rotatable bonds is 4. The molecule has 1 heterocycles. The summed E-state index contributed by atoms with van der Waals surface area (Å²) in [5.74, 6) is 1.85. The largest absolute Gasteiger partial charge is 0.352 e. The molecule has 2 aliphatic rings. The third-order valence-corrected chi connectivity index (χ3v) is 5.37. The van der Waals surface area contributed by atoms with Crippen LogP contribution in [0, 0.1) is 17.8 Å². The first-order chi connectivity index (χ1) is 11.2. The fourth-order valence-electron chi connectivity index (χ4n) is 3.80. The number of halogens is 1. The van der Waals surface area contributed by atoms with E-state index in [1.165, 1.54) is 12.8 Å². The van der Waals surface area contributed by atoms with Gasteiger partial charge >= 0.3 is 0 Å². The van der Waals surface area contributed by atoms with Gasteiger partial charge in [0.25, 0.3) is 5.91 Å². The Morgan fingerprint density at radius 1 is 1.22 bits per heavy atom. The number of aromatic nitrogens is 1. The molecule has 4 heteroatoms. The Hall–Kier alpha value is -2.00. The minimum absolute atomic E-state index is 0.0873. The van der Waals surface area contributed by atoms with Crippen LogP contribution in [0.25, 0.3) is 5.69 Å². The smallest absolute Gasteiger partial charge is 0.252 e. The van der Waals surface area contributed by atoms with E-state index in [1.54, 1.807) is 6.07 Å². The molecule has 2 bridgehead atoms. The van der Waals surface area contributed by atoms with Crippen LogP contribution in [0.15, 0.2) is 54.9 Å². The van der Waals surface area contributed by atoms with Gasteiger partial charge in [0.15, 0.2) is 0 Å². The molecule has 1 aromatic carbocycles. The molecule has 4 rings (SSSR count). The van der Waals surface area contributed by atoms with E-state index >= 15 is 0 Å². The van der Waals surface area contributed by atoms with Crippen molar-refractivity contribution >= 4 is 17.5 Å². The summed E-state index contributed by atoms with van der Waals surface area (Å²) in [6.45, 7) is 0.731. The molecule has 2 aliphatic carbocycles. The number of nitrogens with zero attached hydrogens (tertiary/aromatic N) is 1. The van der Waals surface area contributed by atoms with E-state index in [1.807, 2.05) is 41.2 Å². The van der Waals surface area contributed by atoms with Gasteiger partial charge in [-0.2, -0.15) is 0 Å². The summed E-state index contributed by atoms with van der Waals surface area (Å²) in [5.41, 5.74) is 1.48. The topological polar surface area (TPSA) is 34.0 Å². The number of fused-ring (bicyclic) bond motifs is 2. The van der Waals surface area contributed by atoms with Crippen molar-refractivity contribution in [3.8, 4) is 5.69 Å². The van der Waals surface area contributed by atoms with Gasteiger partial charge in [0.1, 0.15) is 0 Å². The van der Waals surface area contributed by atoms with Gasteiger partial charge in [0, 0.05) is 24.6 Å². The van der Waals surface area contributed by atoms with Crippen LogP contribution in [-0.2, 0) is 0 Å². The van der Waals surface area contributed by atoms with Gasteiger partial charge in [0.05, 0.1) is 10.6 Å². The molecule has 23 heavy (non-hydrogen) atoms. The number of benzene rings is 1. The zero-order chi connectivity index (χ0) is 15.8. The van der Waals surface area contributed by atoms with Crippen molar-refractivity contribution < 1.29 is 4.79 Å². The highest BCUT2D eigenvalue weighted by atomic mass is 35.5. The van der Waals surface area contributed by atoms with Crippen LogP contribution in [0.5, 0.6) is 0 Å². The van der Waals surface area contributed by atoms with E-state index in [0.29, 0.717) is 22.4 Å². The zero-order valence-corrected chi connectivity index (χ0v) is 13.5. The summed E-state index contributed by atoms with van der Waals surface area (Å²) in [6, 6.07) is 9.46. The predicted molar refractivity (Wildman–Crippen MR) is 92.0 cm³/mol. The summed E-state index contributed by atoms with van der Waals surface area (Å²) >= 11 is 6.23. The number of nitrogens with one attached hydrogen (secondary N) is 1. The van der Waals surface area contributed by atoms with Crippen molar-refractivity contribution in [3.63, 3.8) is 0 Å².